The fourth-order valence-electron chi connectivity index (χ4n) is 1.88. The smallest absolute Gasteiger partial charge is 0.236 e. The first-order chi connectivity index (χ1) is 7.13. The Morgan fingerprint density at radius 1 is 1.33 bits per heavy atom. The molecular formula is C11H19N3O. The number of piperazine rings is 1. The summed E-state index contributed by atoms with van der Waals surface area (Å²) in [5.74, 6) is 0.646. The zero-order valence-electron chi connectivity index (χ0n) is 9.57. The van der Waals surface area contributed by atoms with Crippen LogP contribution in [0.2, 0.25) is 0 Å². The Morgan fingerprint density at radius 2 is 1.93 bits per heavy atom. The monoisotopic (exact) mass is 209 g/mol. The lowest BCUT2D eigenvalue weighted by atomic mass is 10.2. The van der Waals surface area contributed by atoms with Crippen molar-refractivity contribution >= 4 is 5.91 Å². The summed E-state index contributed by atoms with van der Waals surface area (Å²) >= 11 is 0. The van der Waals surface area contributed by atoms with Crippen LogP contribution in [0, 0.1) is 17.2 Å². The second-order valence-electron chi connectivity index (χ2n) is 4.41. The highest BCUT2D eigenvalue weighted by Gasteiger charge is 2.20. The number of carbonyl (C=O) groups excluding carboxylic acids is 1. The van der Waals surface area contributed by atoms with Crippen molar-refractivity contribution < 1.29 is 4.79 Å². The van der Waals surface area contributed by atoms with Crippen molar-refractivity contribution in [3.63, 3.8) is 0 Å². The molecule has 84 valence electrons. The van der Waals surface area contributed by atoms with Gasteiger partial charge >= 0.3 is 0 Å². The Labute approximate surface area is 91.5 Å². The lowest BCUT2D eigenvalue weighted by Gasteiger charge is -2.35. The molecule has 0 aromatic carbocycles. The van der Waals surface area contributed by atoms with Gasteiger partial charge in [0.05, 0.1) is 6.07 Å². The second-order valence-corrected chi connectivity index (χ2v) is 4.41. The van der Waals surface area contributed by atoms with E-state index in [1.54, 1.807) is 4.90 Å². The highest BCUT2D eigenvalue weighted by atomic mass is 16.2. The van der Waals surface area contributed by atoms with E-state index in [-0.39, 0.29) is 12.3 Å². The number of carbonyl (C=O) groups is 1. The van der Waals surface area contributed by atoms with Gasteiger partial charge in [0.1, 0.15) is 6.42 Å². The van der Waals surface area contributed by atoms with Gasteiger partial charge < -0.3 is 4.90 Å². The van der Waals surface area contributed by atoms with Crippen molar-refractivity contribution in [2.45, 2.75) is 20.3 Å². The molecule has 1 aliphatic heterocycles. The molecule has 0 atom stereocenters. The Hall–Kier alpha value is -1.08. The van der Waals surface area contributed by atoms with E-state index in [1.807, 2.05) is 6.07 Å². The number of amides is 1. The molecule has 0 radical (unpaired) electrons. The summed E-state index contributed by atoms with van der Waals surface area (Å²) in [7, 11) is 0. The summed E-state index contributed by atoms with van der Waals surface area (Å²) in [6.07, 6.45) is 0.0180. The minimum absolute atomic E-state index is 0.0180. The van der Waals surface area contributed by atoms with Crippen molar-refractivity contribution in [1.82, 2.24) is 9.80 Å². The second kappa shape index (κ2) is 5.72. The third-order valence-corrected chi connectivity index (χ3v) is 2.58. The minimum Gasteiger partial charge on any atom is -0.339 e. The summed E-state index contributed by atoms with van der Waals surface area (Å²) in [4.78, 5) is 15.6. The van der Waals surface area contributed by atoms with Gasteiger partial charge in [0.2, 0.25) is 5.91 Å². The van der Waals surface area contributed by atoms with Gasteiger partial charge in [-0.05, 0) is 5.92 Å². The van der Waals surface area contributed by atoms with Crippen molar-refractivity contribution in [2.24, 2.45) is 5.92 Å². The van der Waals surface area contributed by atoms with Crippen LogP contribution in [0.3, 0.4) is 0 Å². The predicted octanol–water partition coefficient (Wildman–Crippen LogP) is 0.700. The van der Waals surface area contributed by atoms with Gasteiger partial charge in [-0.2, -0.15) is 5.26 Å². The molecule has 0 saturated carbocycles. The lowest BCUT2D eigenvalue weighted by Crippen LogP contribution is -2.49. The molecule has 0 aliphatic carbocycles. The number of nitriles is 1. The number of hydrogen-bond acceptors (Lipinski definition) is 3. The summed E-state index contributed by atoms with van der Waals surface area (Å²) in [6, 6.07) is 1.90. The number of nitrogens with zero attached hydrogens (tertiary/aromatic N) is 3. The van der Waals surface area contributed by atoms with Gasteiger partial charge in [-0.15, -0.1) is 0 Å². The van der Waals surface area contributed by atoms with Gasteiger partial charge in [-0.3, -0.25) is 9.69 Å². The van der Waals surface area contributed by atoms with Crippen LogP contribution in [-0.2, 0) is 4.79 Å². The Kier molecular flexibility index (Phi) is 4.57. The molecule has 0 aromatic rings. The van der Waals surface area contributed by atoms with E-state index in [4.69, 9.17) is 5.26 Å². The van der Waals surface area contributed by atoms with E-state index >= 15 is 0 Å². The molecule has 0 unspecified atom stereocenters. The molecule has 0 N–H and O–H groups in total. The maximum atomic E-state index is 11.4. The van der Waals surface area contributed by atoms with Crippen molar-refractivity contribution in [3.05, 3.63) is 0 Å². The maximum Gasteiger partial charge on any atom is 0.236 e. The molecule has 1 aliphatic rings. The van der Waals surface area contributed by atoms with Gasteiger partial charge in [-0.1, -0.05) is 13.8 Å². The van der Waals surface area contributed by atoms with Crippen LogP contribution in [0.15, 0.2) is 0 Å². The molecule has 1 saturated heterocycles. The molecule has 4 heteroatoms. The average molecular weight is 209 g/mol. The molecule has 0 aromatic heterocycles. The zero-order valence-corrected chi connectivity index (χ0v) is 9.57. The van der Waals surface area contributed by atoms with Crippen LogP contribution in [0.25, 0.3) is 0 Å². The highest BCUT2D eigenvalue weighted by molar-refractivity contribution is 5.78. The first-order valence-electron chi connectivity index (χ1n) is 5.50. The van der Waals surface area contributed by atoms with Crippen LogP contribution in [-0.4, -0.2) is 48.4 Å². The Balaban J connectivity index is 2.30. The minimum atomic E-state index is -0.0262. The molecular weight excluding hydrogens is 190 g/mol. The van der Waals surface area contributed by atoms with Gasteiger partial charge in [-0.25, -0.2) is 0 Å². The summed E-state index contributed by atoms with van der Waals surface area (Å²) in [5.41, 5.74) is 0. The zero-order chi connectivity index (χ0) is 11.3. The largest absolute Gasteiger partial charge is 0.339 e. The molecule has 0 spiro atoms. The topological polar surface area (TPSA) is 47.3 Å². The van der Waals surface area contributed by atoms with Crippen molar-refractivity contribution in [3.8, 4) is 6.07 Å². The highest BCUT2D eigenvalue weighted by Crippen LogP contribution is 2.06. The maximum absolute atomic E-state index is 11.4. The van der Waals surface area contributed by atoms with Gasteiger partial charge in [0, 0.05) is 32.7 Å². The lowest BCUT2D eigenvalue weighted by molar-refractivity contribution is -0.131. The first kappa shape index (κ1) is 12.0. The van der Waals surface area contributed by atoms with E-state index in [9.17, 15) is 4.79 Å². The van der Waals surface area contributed by atoms with Crippen LogP contribution in [0.5, 0.6) is 0 Å². The normalized spacial score (nSPS) is 17.9. The van der Waals surface area contributed by atoms with E-state index in [0.29, 0.717) is 5.92 Å². The van der Waals surface area contributed by atoms with Gasteiger partial charge in [0.15, 0.2) is 0 Å². The van der Waals surface area contributed by atoms with Crippen molar-refractivity contribution in [1.29, 1.82) is 5.26 Å². The number of rotatable bonds is 3. The molecule has 1 rings (SSSR count). The van der Waals surface area contributed by atoms with Crippen LogP contribution < -0.4 is 0 Å². The summed E-state index contributed by atoms with van der Waals surface area (Å²) in [6.45, 7) is 8.92. The SMILES string of the molecule is CC(C)CN1CCN(C(=O)CC#N)CC1. The average Bonchev–Trinajstić information content (AvgIpc) is 2.18. The van der Waals surface area contributed by atoms with E-state index in [2.05, 4.69) is 18.7 Å². The predicted molar refractivity (Wildman–Crippen MR) is 58.1 cm³/mol. The van der Waals surface area contributed by atoms with E-state index in [1.165, 1.54) is 0 Å². The summed E-state index contributed by atoms with van der Waals surface area (Å²) in [5, 5.41) is 8.43. The molecule has 4 nitrogen and oxygen atoms in total. The van der Waals surface area contributed by atoms with Crippen LogP contribution in [0.1, 0.15) is 20.3 Å². The van der Waals surface area contributed by atoms with E-state index < -0.39 is 0 Å². The van der Waals surface area contributed by atoms with Crippen LogP contribution >= 0.6 is 0 Å². The third kappa shape index (κ3) is 3.88. The Bertz CT molecular complexity index is 249. The van der Waals surface area contributed by atoms with Crippen LogP contribution in [0.4, 0.5) is 0 Å². The molecule has 15 heavy (non-hydrogen) atoms. The quantitative estimate of drug-likeness (QED) is 0.687. The molecule has 0 bridgehead atoms. The Morgan fingerprint density at radius 3 is 2.40 bits per heavy atom. The molecule has 1 amide bonds. The standard InChI is InChI=1S/C11H19N3O/c1-10(2)9-13-5-7-14(8-6-13)11(15)3-4-12/h10H,3,5-9H2,1-2H3. The molecule has 1 heterocycles. The number of hydrogen-bond donors (Lipinski definition) is 0. The van der Waals surface area contributed by atoms with Gasteiger partial charge in [0.25, 0.3) is 0 Å². The fraction of sp³-hybridized carbons (Fsp3) is 0.818. The van der Waals surface area contributed by atoms with E-state index in [0.717, 1.165) is 32.7 Å². The summed E-state index contributed by atoms with van der Waals surface area (Å²) < 4.78 is 0. The van der Waals surface area contributed by atoms with Crippen molar-refractivity contribution in [2.75, 3.05) is 32.7 Å². The third-order valence-electron chi connectivity index (χ3n) is 2.58. The fourth-order valence-corrected chi connectivity index (χ4v) is 1.88. The molecule has 1 fully saturated rings. The first-order valence-corrected chi connectivity index (χ1v) is 5.50.